The first-order chi connectivity index (χ1) is 12.0. The zero-order valence-electron chi connectivity index (χ0n) is 13.4. The van der Waals surface area contributed by atoms with Crippen molar-refractivity contribution in [3.05, 3.63) is 62.9 Å². The van der Waals surface area contributed by atoms with Crippen molar-refractivity contribution >= 4 is 17.3 Å². The molecule has 0 aliphatic heterocycles. The lowest BCUT2D eigenvalue weighted by Crippen LogP contribution is -2.16. The molecule has 0 amide bonds. The largest absolute Gasteiger partial charge is 0.460 e. The van der Waals surface area contributed by atoms with Gasteiger partial charge in [0, 0.05) is 30.7 Å². The molecule has 130 valence electrons. The number of rotatable bonds is 7. The van der Waals surface area contributed by atoms with Gasteiger partial charge in [-0.2, -0.15) is 4.98 Å². The minimum absolute atomic E-state index is 0.0570. The van der Waals surface area contributed by atoms with E-state index >= 15 is 0 Å². The summed E-state index contributed by atoms with van der Waals surface area (Å²) in [6.45, 7) is 2.96. The molecule has 2 heterocycles. The molecule has 0 atom stereocenters. The Kier molecular flexibility index (Phi) is 5.11. The fraction of sp³-hybridized carbons (Fsp3) is 0.250. The summed E-state index contributed by atoms with van der Waals surface area (Å²) in [4.78, 5) is 14.4. The first-order valence-corrected chi connectivity index (χ1v) is 7.93. The number of nitro benzene ring substituents is 1. The number of nitrogens with one attached hydrogen (secondary N) is 1. The van der Waals surface area contributed by atoms with Gasteiger partial charge >= 0.3 is 0 Å². The van der Waals surface area contributed by atoms with Gasteiger partial charge in [0.1, 0.15) is 11.5 Å². The van der Waals surface area contributed by atoms with Gasteiger partial charge in [0.15, 0.2) is 5.82 Å². The number of furan rings is 1. The summed E-state index contributed by atoms with van der Waals surface area (Å²) in [7, 11) is 0. The van der Waals surface area contributed by atoms with Crippen molar-refractivity contribution in [2.75, 3.05) is 6.54 Å². The molecule has 0 aliphatic carbocycles. The number of nitro groups is 1. The Hall–Kier alpha value is -2.71. The average molecular weight is 363 g/mol. The Morgan fingerprint density at radius 3 is 2.84 bits per heavy atom. The van der Waals surface area contributed by atoms with Gasteiger partial charge in [0.2, 0.25) is 5.89 Å². The maximum atomic E-state index is 10.8. The van der Waals surface area contributed by atoms with Crippen LogP contribution in [0.25, 0.3) is 11.3 Å². The predicted molar refractivity (Wildman–Crippen MR) is 90.3 cm³/mol. The lowest BCUT2D eigenvalue weighted by Gasteiger charge is -2.02. The normalized spacial score (nSPS) is 11.0. The topological polar surface area (TPSA) is 107 Å². The number of non-ortho nitro benzene ring substituents is 1. The maximum Gasteiger partial charge on any atom is 0.270 e. The smallest absolute Gasteiger partial charge is 0.270 e. The number of halogens is 1. The average Bonchev–Trinajstić information content (AvgIpc) is 3.20. The highest BCUT2D eigenvalue weighted by Crippen LogP contribution is 2.32. The molecule has 0 unspecified atom stereocenters. The monoisotopic (exact) mass is 362 g/mol. The van der Waals surface area contributed by atoms with E-state index in [1.807, 2.05) is 6.07 Å². The van der Waals surface area contributed by atoms with Crippen LogP contribution in [0.3, 0.4) is 0 Å². The van der Waals surface area contributed by atoms with Crippen molar-refractivity contribution in [1.29, 1.82) is 0 Å². The minimum Gasteiger partial charge on any atom is -0.460 e. The fourth-order valence-electron chi connectivity index (χ4n) is 2.28. The second kappa shape index (κ2) is 7.45. The van der Waals surface area contributed by atoms with Crippen molar-refractivity contribution < 1.29 is 13.9 Å². The predicted octanol–water partition coefficient (Wildman–Crippen LogP) is 3.53. The van der Waals surface area contributed by atoms with E-state index in [9.17, 15) is 10.1 Å². The Morgan fingerprint density at radius 2 is 2.16 bits per heavy atom. The first kappa shape index (κ1) is 17.1. The van der Waals surface area contributed by atoms with Crippen LogP contribution in [0.5, 0.6) is 0 Å². The van der Waals surface area contributed by atoms with Gasteiger partial charge in [-0.25, -0.2) is 0 Å². The van der Waals surface area contributed by atoms with Crippen LogP contribution in [0.4, 0.5) is 5.69 Å². The third-order valence-electron chi connectivity index (χ3n) is 3.48. The van der Waals surface area contributed by atoms with Crippen molar-refractivity contribution in [3.8, 4) is 11.3 Å². The highest BCUT2D eigenvalue weighted by atomic mass is 35.5. The summed E-state index contributed by atoms with van der Waals surface area (Å²) in [5.41, 5.74) is 0.554. The van der Waals surface area contributed by atoms with Gasteiger partial charge in [-0.15, -0.1) is 0 Å². The summed E-state index contributed by atoms with van der Waals surface area (Å²) in [5, 5.41) is 18.0. The Labute approximate surface area is 147 Å². The Morgan fingerprint density at radius 1 is 1.32 bits per heavy atom. The molecule has 1 N–H and O–H groups in total. The number of hydrogen-bond acceptors (Lipinski definition) is 7. The molecular weight excluding hydrogens is 348 g/mol. The van der Waals surface area contributed by atoms with Gasteiger partial charge in [-0.05, 0) is 25.1 Å². The molecule has 2 aromatic heterocycles. The fourth-order valence-corrected chi connectivity index (χ4v) is 2.55. The molecule has 0 saturated carbocycles. The van der Waals surface area contributed by atoms with E-state index < -0.39 is 4.92 Å². The number of aromatic nitrogens is 2. The number of aryl methyl sites for hydroxylation is 1. The van der Waals surface area contributed by atoms with Crippen molar-refractivity contribution in [1.82, 2.24) is 15.5 Å². The van der Waals surface area contributed by atoms with Gasteiger partial charge in [0.25, 0.3) is 5.69 Å². The summed E-state index contributed by atoms with van der Waals surface area (Å²) in [6.07, 6.45) is 0.628. The summed E-state index contributed by atoms with van der Waals surface area (Å²) < 4.78 is 10.8. The van der Waals surface area contributed by atoms with Crippen molar-refractivity contribution in [2.24, 2.45) is 0 Å². The van der Waals surface area contributed by atoms with Gasteiger partial charge < -0.3 is 14.3 Å². The van der Waals surface area contributed by atoms with E-state index in [0.29, 0.717) is 42.5 Å². The van der Waals surface area contributed by atoms with Gasteiger partial charge in [-0.3, -0.25) is 10.1 Å². The van der Waals surface area contributed by atoms with E-state index in [1.54, 1.807) is 19.1 Å². The van der Waals surface area contributed by atoms with E-state index in [1.165, 1.54) is 12.1 Å². The van der Waals surface area contributed by atoms with E-state index in [0.717, 1.165) is 5.76 Å². The SMILES string of the molecule is Cc1noc(CCNCc2ccc(-c3ccc([N+](=O)[O-])cc3Cl)o2)n1. The molecule has 3 aromatic rings. The molecule has 3 rings (SSSR count). The highest BCUT2D eigenvalue weighted by molar-refractivity contribution is 6.33. The zero-order valence-corrected chi connectivity index (χ0v) is 14.1. The van der Waals surface area contributed by atoms with Crippen LogP contribution in [0.2, 0.25) is 5.02 Å². The van der Waals surface area contributed by atoms with Crippen LogP contribution in [-0.2, 0) is 13.0 Å². The van der Waals surface area contributed by atoms with E-state index in [4.69, 9.17) is 20.5 Å². The van der Waals surface area contributed by atoms with Crippen molar-refractivity contribution in [2.45, 2.75) is 19.9 Å². The molecule has 8 nitrogen and oxygen atoms in total. The zero-order chi connectivity index (χ0) is 17.8. The highest BCUT2D eigenvalue weighted by Gasteiger charge is 2.13. The number of nitrogens with zero attached hydrogens (tertiary/aromatic N) is 3. The molecular formula is C16H15ClN4O4. The first-order valence-electron chi connectivity index (χ1n) is 7.56. The Bertz CT molecular complexity index is 890. The molecule has 9 heteroatoms. The summed E-state index contributed by atoms with van der Waals surface area (Å²) in [5.74, 6) is 2.49. The van der Waals surface area contributed by atoms with Crippen LogP contribution >= 0.6 is 11.6 Å². The van der Waals surface area contributed by atoms with Crippen LogP contribution in [0.15, 0.2) is 39.3 Å². The van der Waals surface area contributed by atoms with E-state index in [-0.39, 0.29) is 10.7 Å². The lowest BCUT2D eigenvalue weighted by atomic mass is 10.1. The standard InChI is InChI=1S/C16H15ClN4O4/c1-10-19-16(25-20-10)6-7-18-9-12-3-5-15(24-12)13-4-2-11(21(22)23)8-14(13)17/h2-5,8,18H,6-7,9H2,1H3. The molecule has 0 spiro atoms. The third kappa shape index (κ3) is 4.23. The molecule has 0 saturated heterocycles. The second-order valence-corrected chi connectivity index (χ2v) is 5.76. The molecule has 0 radical (unpaired) electrons. The molecule has 0 fully saturated rings. The van der Waals surface area contributed by atoms with Crippen LogP contribution in [0, 0.1) is 17.0 Å². The number of benzene rings is 1. The second-order valence-electron chi connectivity index (χ2n) is 5.35. The van der Waals surface area contributed by atoms with E-state index in [2.05, 4.69) is 15.5 Å². The van der Waals surface area contributed by atoms with Gasteiger partial charge in [0.05, 0.1) is 16.5 Å². The summed E-state index contributed by atoms with van der Waals surface area (Å²) >= 11 is 6.11. The molecule has 0 aliphatic rings. The van der Waals surface area contributed by atoms with Crippen LogP contribution in [0.1, 0.15) is 17.5 Å². The molecule has 0 bridgehead atoms. The molecule has 25 heavy (non-hydrogen) atoms. The minimum atomic E-state index is -0.488. The van der Waals surface area contributed by atoms with Crippen molar-refractivity contribution in [3.63, 3.8) is 0 Å². The summed E-state index contributed by atoms with van der Waals surface area (Å²) in [6, 6.07) is 7.90. The quantitative estimate of drug-likeness (QED) is 0.389. The lowest BCUT2D eigenvalue weighted by molar-refractivity contribution is -0.384. The third-order valence-corrected chi connectivity index (χ3v) is 3.79. The Balaban J connectivity index is 1.58. The van der Waals surface area contributed by atoms with Crippen LogP contribution < -0.4 is 5.32 Å². The van der Waals surface area contributed by atoms with Gasteiger partial charge in [-0.1, -0.05) is 16.8 Å². The molecule has 1 aromatic carbocycles. The number of hydrogen-bond donors (Lipinski definition) is 1. The maximum absolute atomic E-state index is 10.8. The van der Waals surface area contributed by atoms with Crippen LogP contribution in [-0.4, -0.2) is 21.6 Å².